The van der Waals surface area contributed by atoms with E-state index in [0.717, 1.165) is 6.42 Å². The van der Waals surface area contributed by atoms with Gasteiger partial charge in [0.1, 0.15) is 5.60 Å². The molecule has 0 spiro atoms. The molecule has 11 heavy (non-hydrogen) atoms. The van der Waals surface area contributed by atoms with Crippen LogP contribution in [0.5, 0.6) is 0 Å². The first-order valence-corrected chi connectivity index (χ1v) is 4.72. The Morgan fingerprint density at radius 2 is 2.36 bits per heavy atom. The van der Waals surface area contributed by atoms with E-state index in [1.54, 1.807) is 0 Å². The van der Waals surface area contributed by atoms with E-state index in [9.17, 15) is 8.78 Å². The van der Waals surface area contributed by atoms with E-state index >= 15 is 0 Å². The van der Waals surface area contributed by atoms with Crippen molar-refractivity contribution in [3.05, 3.63) is 0 Å². The molecule has 4 heteroatoms. The van der Waals surface area contributed by atoms with Gasteiger partial charge in [0.2, 0.25) is 0 Å². The molecule has 0 amide bonds. The highest BCUT2D eigenvalue weighted by Crippen LogP contribution is 2.35. The molecular formula is C7H11BrF2O. The molecule has 0 aromatic rings. The van der Waals surface area contributed by atoms with Crippen molar-refractivity contribution in [3.63, 3.8) is 0 Å². The largest absolute Gasteiger partial charge is 0.365 e. The van der Waals surface area contributed by atoms with Crippen molar-refractivity contribution >= 4 is 15.9 Å². The van der Waals surface area contributed by atoms with E-state index < -0.39 is 12.0 Å². The second kappa shape index (κ2) is 3.35. The Kier molecular flexibility index (Phi) is 2.86. The van der Waals surface area contributed by atoms with Gasteiger partial charge in [-0.15, -0.1) is 0 Å². The smallest absolute Gasteiger partial charge is 0.266 e. The van der Waals surface area contributed by atoms with Crippen LogP contribution in [0.3, 0.4) is 0 Å². The molecule has 1 aliphatic heterocycles. The Morgan fingerprint density at radius 3 is 2.64 bits per heavy atom. The fourth-order valence-electron chi connectivity index (χ4n) is 1.22. The quantitative estimate of drug-likeness (QED) is 0.661. The SMILES string of the molecule is CC1(C(F)F)CCC(CBr)O1. The summed E-state index contributed by atoms with van der Waals surface area (Å²) in [5.41, 5.74) is -1.20. The normalized spacial score (nSPS) is 38.5. The zero-order valence-electron chi connectivity index (χ0n) is 6.32. The van der Waals surface area contributed by atoms with Gasteiger partial charge in [-0.05, 0) is 19.8 Å². The zero-order chi connectivity index (χ0) is 8.48. The van der Waals surface area contributed by atoms with Crippen LogP contribution in [0.4, 0.5) is 8.78 Å². The predicted octanol–water partition coefficient (Wildman–Crippen LogP) is 2.58. The van der Waals surface area contributed by atoms with Gasteiger partial charge in [0.25, 0.3) is 6.43 Å². The van der Waals surface area contributed by atoms with E-state index in [1.165, 1.54) is 6.92 Å². The minimum Gasteiger partial charge on any atom is -0.365 e. The van der Waals surface area contributed by atoms with E-state index in [-0.39, 0.29) is 6.10 Å². The Morgan fingerprint density at radius 1 is 1.73 bits per heavy atom. The first-order chi connectivity index (χ1) is 5.08. The van der Waals surface area contributed by atoms with E-state index in [0.29, 0.717) is 11.8 Å². The number of hydrogen-bond acceptors (Lipinski definition) is 1. The van der Waals surface area contributed by atoms with E-state index in [2.05, 4.69) is 15.9 Å². The summed E-state index contributed by atoms with van der Waals surface area (Å²) in [5.74, 6) is 0. The maximum Gasteiger partial charge on any atom is 0.266 e. The molecule has 0 aliphatic carbocycles. The summed E-state index contributed by atoms with van der Waals surface area (Å²) in [4.78, 5) is 0. The summed E-state index contributed by atoms with van der Waals surface area (Å²) in [6.07, 6.45) is -1.21. The molecule has 1 saturated heterocycles. The van der Waals surface area contributed by atoms with Gasteiger partial charge in [-0.3, -0.25) is 0 Å². The monoisotopic (exact) mass is 228 g/mol. The van der Waals surface area contributed by atoms with Gasteiger partial charge in [0.15, 0.2) is 0 Å². The third kappa shape index (κ3) is 1.90. The van der Waals surface area contributed by atoms with Gasteiger partial charge in [-0.25, -0.2) is 8.78 Å². The average molecular weight is 229 g/mol. The van der Waals surface area contributed by atoms with Gasteiger partial charge in [-0.2, -0.15) is 0 Å². The second-order valence-corrected chi connectivity index (χ2v) is 3.69. The van der Waals surface area contributed by atoms with Crippen LogP contribution in [0.2, 0.25) is 0 Å². The molecule has 0 aromatic heterocycles. The van der Waals surface area contributed by atoms with Crippen molar-refractivity contribution in [3.8, 4) is 0 Å². The number of hydrogen-bond donors (Lipinski definition) is 0. The van der Waals surface area contributed by atoms with Crippen molar-refractivity contribution in [2.45, 2.75) is 37.9 Å². The molecular weight excluding hydrogens is 218 g/mol. The highest BCUT2D eigenvalue weighted by Gasteiger charge is 2.43. The lowest BCUT2D eigenvalue weighted by atomic mass is 10.0. The van der Waals surface area contributed by atoms with Crippen molar-refractivity contribution in [1.82, 2.24) is 0 Å². The molecule has 0 radical (unpaired) electrons. The van der Waals surface area contributed by atoms with Crippen LogP contribution in [0.1, 0.15) is 19.8 Å². The lowest BCUT2D eigenvalue weighted by Gasteiger charge is -2.22. The van der Waals surface area contributed by atoms with Crippen LogP contribution in [-0.4, -0.2) is 23.5 Å². The summed E-state index contributed by atoms with van der Waals surface area (Å²) in [5, 5.41) is 0.648. The van der Waals surface area contributed by atoms with Crippen LogP contribution < -0.4 is 0 Å². The molecule has 0 aromatic carbocycles. The number of halogens is 3. The van der Waals surface area contributed by atoms with Gasteiger partial charge in [0, 0.05) is 5.33 Å². The Labute approximate surface area is 73.2 Å². The van der Waals surface area contributed by atoms with E-state index in [4.69, 9.17) is 4.74 Å². The molecule has 2 unspecified atom stereocenters. The van der Waals surface area contributed by atoms with Crippen molar-refractivity contribution < 1.29 is 13.5 Å². The molecule has 1 aliphatic rings. The van der Waals surface area contributed by atoms with Crippen LogP contribution in [0.25, 0.3) is 0 Å². The highest BCUT2D eigenvalue weighted by molar-refractivity contribution is 9.09. The van der Waals surface area contributed by atoms with E-state index in [1.807, 2.05) is 0 Å². The minimum absolute atomic E-state index is 0.0333. The van der Waals surface area contributed by atoms with Crippen LogP contribution in [0, 0.1) is 0 Å². The Hall–Kier alpha value is 0.300. The lowest BCUT2D eigenvalue weighted by Crippen LogP contribution is -2.33. The number of rotatable bonds is 2. The first-order valence-electron chi connectivity index (χ1n) is 3.60. The van der Waals surface area contributed by atoms with Gasteiger partial charge >= 0.3 is 0 Å². The van der Waals surface area contributed by atoms with Crippen molar-refractivity contribution in [1.29, 1.82) is 0 Å². The van der Waals surface area contributed by atoms with Gasteiger partial charge in [-0.1, -0.05) is 15.9 Å². The topological polar surface area (TPSA) is 9.23 Å². The summed E-state index contributed by atoms with van der Waals surface area (Å²) in [6, 6.07) is 0. The maximum absolute atomic E-state index is 12.3. The average Bonchev–Trinajstić information content (AvgIpc) is 2.33. The molecule has 1 rings (SSSR count). The minimum atomic E-state index is -2.37. The Bertz CT molecular complexity index is 142. The standard InChI is InChI=1S/C7H11BrF2O/c1-7(6(9)10)3-2-5(4-8)11-7/h5-6H,2-4H2,1H3. The Balaban J connectivity index is 2.50. The fourth-order valence-corrected chi connectivity index (χ4v) is 1.67. The fraction of sp³-hybridized carbons (Fsp3) is 1.00. The molecule has 2 atom stereocenters. The third-order valence-electron chi connectivity index (χ3n) is 2.03. The van der Waals surface area contributed by atoms with Crippen molar-refractivity contribution in [2.24, 2.45) is 0 Å². The van der Waals surface area contributed by atoms with Crippen LogP contribution >= 0.6 is 15.9 Å². The molecule has 0 N–H and O–H groups in total. The van der Waals surface area contributed by atoms with Gasteiger partial charge in [0.05, 0.1) is 6.10 Å². The van der Waals surface area contributed by atoms with Crippen molar-refractivity contribution in [2.75, 3.05) is 5.33 Å². The third-order valence-corrected chi connectivity index (χ3v) is 2.75. The summed E-state index contributed by atoms with van der Waals surface area (Å²) < 4.78 is 29.7. The zero-order valence-corrected chi connectivity index (χ0v) is 7.90. The maximum atomic E-state index is 12.3. The molecule has 1 nitrogen and oxygen atoms in total. The number of alkyl halides is 3. The number of ether oxygens (including phenoxy) is 1. The lowest BCUT2D eigenvalue weighted by molar-refractivity contribution is -0.116. The molecule has 66 valence electrons. The predicted molar refractivity (Wildman–Crippen MR) is 42.3 cm³/mol. The second-order valence-electron chi connectivity index (χ2n) is 3.05. The molecule has 0 saturated carbocycles. The highest BCUT2D eigenvalue weighted by atomic mass is 79.9. The summed E-state index contributed by atoms with van der Waals surface area (Å²) in [6.45, 7) is 1.47. The summed E-state index contributed by atoms with van der Waals surface area (Å²) in [7, 11) is 0. The molecule has 1 fully saturated rings. The first kappa shape index (κ1) is 9.39. The van der Waals surface area contributed by atoms with Gasteiger partial charge < -0.3 is 4.74 Å². The van der Waals surface area contributed by atoms with Crippen LogP contribution in [-0.2, 0) is 4.74 Å². The molecule has 1 heterocycles. The summed E-state index contributed by atoms with van der Waals surface area (Å²) >= 11 is 3.21. The van der Waals surface area contributed by atoms with Crippen LogP contribution in [0.15, 0.2) is 0 Å². The molecule has 0 bridgehead atoms.